The summed E-state index contributed by atoms with van der Waals surface area (Å²) in [6, 6.07) is 4.32. The Morgan fingerprint density at radius 1 is 1.53 bits per heavy atom. The molecule has 0 aliphatic rings. The number of aromatic nitrogens is 1. The SMILES string of the molecule is CC(C)(C)[S@+]([O-])NCc1nc(C#N)ccc1F. The number of nitrogens with zero attached hydrogens (tertiary/aromatic N) is 2. The van der Waals surface area contributed by atoms with Gasteiger partial charge in [0, 0.05) is 11.4 Å². The van der Waals surface area contributed by atoms with Crippen molar-refractivity contribution >= 4 is 11.4 Å². The van der Waals surface area contributed by atoms with Gasteiger partial charge in [-0.3, -0.25) is 0 Å². The van der Waals surface area contributed by atoms with E-state index in [0.29, 0.717) is 0 Å². The fourth-order valence-corrected chi connectivity index (χ4v) is 1.72. The smallest absolute Gasteiger partial charge is 0.146 e. The van der Waals surface area contributed by atoms with Gasteiger partial charge < -0.3 is 4.55 Å². The third kappa shape index (κ3) is 3.97. The molecule has 0 radical (unpaired) electrons. The van der Waals surface area contributed by atoms with Gasteiger partial charge in [-0.1, -0.05) is 0 Å². The highest BCUT2D eigenvalue weighted by Crippen LogP contribution is 2.14. The van der Waals surface area contributed by atoms with Crippen LogP contribution in [-0.2, 0) is 17.9 Å². The average molecular weight is 255 g/mol. The van der Waals surface area contributed by atoms with Crippen molar-refractivity contribution in [2.75, 3.05) is 0 Å². The minimum Gasteiger partial charge on any atom is -0.598 e. The van der Waals surface area contributed by atoms with E-state index in [1.54, 1.807) is 0 Å². The van der Waals surface area contributed by atoms with E-state index < -0.39 is 21.9 Å². The van der Waals surface area contributed by atoms with Crippen molar-refractivity contribution < 1.29 is 8.94 Å². The van der Waals surface area contributed by atoms with Crippen molar-refractivity contribution in [3.8, 4) is 6.07 Å². The molecule has 0 aliphatic heterocycles. The lowest BCUT2D eigenvalue weighted by Gasteiger charge is -2.23. The van der Waals surface area contributed by atoms with Gasteiger partial charge in [0.25, 0.3) is 0 Å². The zero-order valence-electron chi connectivity index (χ0n) is 9.95. The maximum absolute atomic E-state index is 13.3. The minimum atomic E-state index is -1.29. The van der Waals surface area contributed by atoms with Gasteiger partial charge in [0.05, 0.1) is 12.2 Å². The van der Waals surface area contributed by atoms with Gasteiger partial charge in [-0.15, -0.1) is 4.72 Å². The lowest BCUT2D eigenvalue weighted by Crippen LogP contribution is -2.39. The lowest BCUT2D eigenvalue weighted by molar-refractivity contribution is 0.538. The van der Waals surface area contributed by atoms with Crippen LogP contribution in [0.5, 0.6) is 0 Å². The Kier molecular flexibility index (Phi) is 4.46. The number of nitriles is 1. The molecule has 0 aliphatic carbocycles. The predicted octanol–water partition coefficient (Wildman–Crippen LogP) is 1.64. The molecular weight excluding hydrogens is 241 g/mol. The maximum atomic E-state index is 13.3. The Morgan fingerprint density at radius 3 is 2.71 bits per heavy atom. The van der Waals surface area contributed by atoms with Crippen molar-refractivity contribution in [2.45, 2.75) is 32.1 Å². The molecule has 0 saturated carbocycles. The predicted molar refractivity (Wildman–Crippen MR) is 63.6 cm³/mol. The second-order valence-corrected chi connectivity index (χ2v) is 6.49. The van der Waals surface area contributed by atoms with E-state index in [1.165, 1.54) is 12.1 Å². The minimum absolute atomic E-state index is 0.0330. The van der Waals surface area contributed by atoms with Gasteiger partial charge in [-0.2, -0.15) is 5.26 Å². The Hall–Kier alpha value is -1.16. The topological polar surface area (TPSA) is 71.8 Å². The monoisotopic (exact) mass is 255 g/mol. The molecule has 1 N–H and O–H groups in total. The van der Waals surface area contributed by atoms with Crippen LogP contribution in [0.15, 0.2) is 12.1 Å². The summed E-state index contributed by atoms with van der Waals surface area (Å²) in [6.45, 7) is 5.47. The number of hydrogen-bond acceptors (Lipinski definition) is 4. The molecule has 4 nitrogen and oxygen atoms in total. The van der Waals surface area contributed by atoms with Crippen molar-refractivity contribution in [2.24, 2.45) is 0 Å². The third-order valence-corrected chi connectivity index (χ3v) is 3.48. The van der Waals surface area contributed by atoms with Crippen LogP contribution in [0.2, 0.25) is 0 Å². The van der Waals surface area contributed by atoms with Crippen LogP contribution < -0.4 is 4.72 Å². The standard InChI is InChI=1S/C11H14FN3OS/c1-11(2,3)17(16)14-7-10-9(12)5-4-8(6-13)15-10/h4-5,14H,7H2,1-3H3/t17-/m0/s1. The van der Waals surface area contributed by atoms with Gasteiger partial charge in [0.15, 0.2) is 0 Å². The second-order valence-electron chi connectivity index (χ2n) is 4.44. The molecule has 17 heavy (non-hydrogen) atoms. The summed E-state index contributed by atoms with van der Waals surface area (Å²) < 4.78 is 27.3. The molecule has 1 rings (SSSR count). The molecule has 0 aromatic carbocycles. The Morgan fingerprint density at radius 2 is 2.18 bits per heavy atom. The zero-order valence-corrected chi connectivity index (χ0v) is 10.8. The van der Waals surface area contributed by atoms with E-state index >= 15 is 0 Å². The summed E-state index contributed by atoms with van der Waals surface area (Å²) in [5.41, 5.74) is 0.242. The van der Waals surface area contributed by atoms with Crippen LogP contribution >= 0.6 is 0 Å². The van der Waals surface area contributed by atoms with E-state index in [0.717, 1.165) is 0 Å². The second kappa shape index (κ2) is 5.45. The zero-order chi connectivity index (χ0) is 13.1. The average Bonchev–Trinajstić information content (AvgIpc) is 2.26. The summed E-state index contributed by atoms with van der Waals surface area (Å²) in [5, 5.41) is 8.64. The van der Waals surface area contributed by atoms with Crippen LogP contribution in [0.3, 0.4) is 0 Å². The first kappa shape index (κ1) is 13.9. The highest BCUT2D eigenvalue weighted by Gasteiger charge is 2.26. The first-order chi connectivity index (χ1) is 7.84. The first-order valence-electron chi connectivity index (χ1n) is 5.05. The molecule has 1 aromatic heterocycles. The Labute approximate surface area is 103 Å². The normalized spacial score (nSPS) is 13.2. The van der Waals surface area contributed by atoms with E-state index in [4.69, 9.17) is 5.26 Å². The largest absolute Gasteiger partial charge is 0.598 e. The highest BCUT2D eigenvalue weighted by molar-refractivity contribution is 7.90. The molecule has 6 heteroatoms. The molecule has 0 fully saturated rings. The summed E-state index contributed by atoms with van der Waals surface area (Å²) in [4.78, 5) is 3.81. The first-order valence-corrected chi connectivity index (χ1v) is 6.20. The maximum Gasteiger partial charge on any atom is 0.146 e. The number of halogens is 1. The molecule has 0 unspecified atom stereocenters. The highest BCUT2D eigenvalue weighted by atomic mass is 32.2. The lowest BCUT2D eigenvalue weighted by atomic mass is 10.3. The quantitative estimate of drug-likeness (QED) is 0.833. The molecule has 0 amide bonds. The van der Waals surface area contributed by atoms with Gasteiger partial charge in [-0.05, 0) is 32.9 Å². The molecule has 0 bridgehead atoms. The molecule has 92 valence electrons. The summed E-state index contributed by atoms with van der Waals surface area (Å²) in [6.07, 6.45) is 0. The fourth-order valence-electron chi connectivity index (χ4n) is 1.02. The van der Waals surface area contributed by atoms with Crippen molar-refractivity contribution in [1.82, 2.24) is 9.71 Å². The van der Waals surface area contributed by atoms with Crippen LogP contribution in [0, 0.1) is 17.1 Å². The van der Waals surface area contributed by atoms with E-state index in [2.05, 4.69) is 9.71 Å². The van der Waals surface area contributed by atoms with E-state index in [1.807, 2.05) is 26.8 Å². The number of nitrogens with one attached hydrogen (secondary N) is 1. The third-order valence-electron chi connectivity index (χ3n) is 1.96. The van der Waals surface area contributed by atoms with Gasteiger partial charge in [0.1, 0.15) is 22.3 Å². The van der Waals surface area contributed by atoms with Gasteiger partial charge >= 0.3 is 0 Å². The van der Waals surface area contributed by atoms with Crippen molar-refractivity contribution in [3.63, 3.8) is 0 Å². The molecule has 1 atom stereocenters. The van der Waals surface area contributed by atoms with Crippen molar-refractivity contribution in [1.29, 1.82) is 5.26 Å². The number of rotatable bonds is 3. The van der Waals surface area contributed by atoms with Crippen LogP contribution in [0.1, 0.15) is 32.2 Å². The summed E-state index contributed by atoms with van der Waals surface area (Å²) in [7, 11) is 0. The summed E-state index contributed by atoms with van der Waals surface area (Å²) >= 11 is -1.29. The number of hydrogen-bond donors (Lipinski definition) is 1. The van der Waals surface area contributed by atoms with Gasteiger partial charge in [0.2, 0.25) is 0 Å². The molecule has 0 spiro atoms. The number of pyridine rings is 1. The van der Waals surface area contributed by atoms with Gasteiger partial charge in [-0.25, -0.2) is 9.37 Å². The van der Waals surface area contributed by atoms with Crippen LogP contribution in [0.4, 0.5) is 4.39 Å². The molecule has 0 saturated heterocycles. The van der Waals surface area contributed by atoms with E-state index in [9.17, 15) is 8.94 Å². The Bertz CT molecular complexity index is 439. The summed E-state index contributed by atoms with van der Waals surface area (Å²) in [5.74, 6) is -0.512. The fraction of sp³-hybridized carbons (Fsp3) is 0.455. The van der Waals surface area contributed by atoms with Crippen molar-refractivity contribution in [3.05, 3.63) is 29.3 Å². The molecule has 1 aromatic rings. The van der Waals surface area contributed by atoms with Crippen LogP contribution in [0.25, 0.3) is 0 Å². The van der Waals surface area contributed by atoms with E-state index in [-0.39, 0.29) is 17.9 Å². The molecular formula is C11H14FN3OS. The Balaban J connectivity index is 2.73. The van der Waals surface area contributed by atoms with Crippen LogP contribution in [-0.4, -0.2) is 14.3 Å². The molecule has 1 heterocycles.